The number of carbonyl (C=O) groups excluding carboxylic acids is 2. The van der Waals surface area contributed by atoms with Crippen LogP contribution < -0.4 is 9.47 Å². The molecule has 0 amide bonds. The van der Waals surface area contributed by atoms with Gasteiger partial charge in [0.1, 0.15) is 36.4 Å². The smallest absolute Gasteiger partial charge is 0.338 e. The summed E-state index contributed by atoms with van der Waals surface area (Å²) < 4.78 is 22.3. The van der Waals surface area contributed by atoms with E-state index < -0.39 is 11.9 Å². The molecule has 0 fully saturated rings. The maximum Gasteiger partial charge on any atom is 0.338 e. The third kappa shape index (κ3) is 6.66. The summed E-state index contributed by atoms with van der Waals surface area (Å²) in [6.45, 7) is 1.89. The lowest BCUT2D eigenvalue weighted by molar-refractivity contribution is 0.0472. The molecule has 0 radical (unpaired) electrons. The quantitative estimate of drug-likeness (QED) is 0.200. The number of aromatic amines is 2. The zero-order valence-corrected chi connectivity index (χ0v) is 25.7. The minimum absolute atomic E-state index is 0.303. The molecule has 0 aliphatic carbocycles. The number of nitrogens with zero attached hydrogens (tertiary/aromatic N) is 4. The van der Waals surface area contributed by atoms with Crippen LogP contribution in [0.4, 0.5) is 0 Å². The van der Waals surface area contributed by atoms with Gasteiger partial charge in [0.05, 0.1) is 58.5 Å². The summed E-state index contributed by atoms with van der Waals surface area (Å²) in [6, 6.07) is 14.0. The van der Waals surface area contributed by atoms with Crippen LogP contribution in [0.5, 0.6) is 11.5 Å². The SMILES string of the molecule is COc1cc(-c2nc3ccc(C(=O)OCCN(C)C)cc3[nH]2)c(OC)cc1-c1nc2ccc(C(=O)OCCN(C)C)cc2[nH]1. The van der Waals surface area contributed by atoms with E-state index in [9.17, 15) is 9.59 Å². The van der Waals surface area contributed by atoms with Gasteiger partial charge in [-0.1, -0.05) is 0 Å². The zero-order chi connectivity index (χ0) is 31.4. The number of rotatable bonds is 12. The van der Waals surface area contributed by atoms with Crippen molar-refractivity contribution in [1.29, 1.82) is 0 Å². The summed E-state index contributed by atoms with van der Waals surface area (Å²) >= 11 is 0. The van der Waals surface area contributed by atoms with Crippen LogP contribution in [0.3, 0.4) is 0 Å². The Morgan fingerprint density at radius 1 is 0.659 bits per heavy atom. The first kappa shape index (κ1) is 30.5. The molecule has 5 aromatic rings. The molecule has 2 N–H and O–H groups in total. The largest absolute Gasteiger partial charge is 0.496 e. The molecule has 3 aromatic carbocycles. The molecule has 0 saturated carbocycles. The van der Waals surface area contributed by atoms with E-state index in [1.165, 1.54) is 0 Å². The van der Waals surface area contributed by atoms with Gasteiger partial charge < -0.3 is 38.7 Å². The van der Waals surface area contributed by atoms with Gasteiger partial charge in [0, 0.05) is 13.1 Å². The number of H-pyrrole nitrogens is 2. The Morgan fingerprint density at radius 2 is 1.07 bits per heavy atom. The van der Waals surface area contributed by atoms with Gasteiger partial charge >= 0.3 is 11.9 Å². The minimum Gasteiger partial charge on any atom is -0.496 e. The average molecular weight is 601 g/mol. The van der Waals surface area contributed by atoms with E-state index >= 15 is 0 Å². The van der Waals surface area contributed by atoms with Crippen molar-refractivity contribution in [2.75, 3.05) is 68.7 Å². The Morgan fingerprint density at radius 3 is 1.43 bits per heavy atom. The Hall–Kier alpha value is -4.94. The van der Waals surface area contributed by atoms with Gasteiger partial charge in [-0.3, -0.25) is 0 Å². The molecule has 0 atom stereocenters. The van der Waals surface area contributed by atoms with E-state index in [0.717, 1.165) is 0 Å². The molecular weight excluding hydrogens is 564 g/mol. The van der Waals surface area contributed by atoms with Crippen molar-refractivity contribution < 1.29 is 28.5 Å². The van der Waals surface area contributed by atoms with Gasteiger partial charge in [0.25, 0.3) is 0 Å². The van der Waals surface area contributed by atoms with Gasteiger partial charge in [-0.05, 0) is 76.7 Å². The second-order valence-corrected chi connectivity index (χ2v) is 10.8. The summed E-state index contributed by atoms with van der Waals surface area (Å²) in [7, 11) is 10.8. The van der Waals surface area contributed by atoms with E-state index in [4.69, 9.17) is 28.9 Å². The Bertz CT molecular complexity index is 1680. The van der Waals surface area contributed by atoms with Gasteiger partial charge in [-0.2, -0.15) is 0 Å². The maximum atomic E-state index is 12.5. The minimum atomic E-state index is -0.396. The number of aromatic nitrogens is 4. The number of benzene rings is 3. The molecule has 5 rings (SSSR count). The summed E-state index contributed by atoms with van der Waals surface area (Å²) in [5.41, 5.74) is 4.92. The highest BCUT2D eigenvalue weighted by Crippen LogP contribution is 2.40. The fourth-order valence-corrected chi connectivity index (χ4v) is 4.60. The number of methoxy groups -OCH3 is 2. The van der Waals surface area contributed by atoms with Crippen molar-refractivity contribution in [2.24, 2.45) is 0 Å². The Balaban J connectivity index is 1.43. The monoisotopic (exact) mass is 600 g/mol. The highest BCUT2D eigenvalue weighted by atomic mass is 16.5. The molecule has 2 heterocycles. The van der Waals surface area contributed by atoms with Crippen LogP contribution >= 0.6 is 0 Å². The molecule has 0 unspecified atom stereocenters. The molecule has 12 nitrogen and oxygen atoms in total. The fraction of sp³-hybridized carbons (Fsp3) is 0.312. The summed E-state index contributed by atoms with van der Waals surface area (Å²) in [6.07, 6.45) is 0. The third-order valence-electron chi connectivity index (χ3n) is 7.01. The van der Waals surface area contributed by atoms with Crippen molar-refractivity contribution in [3.8, 4) is 34.3 Å². The molecule has 2 aromatic heterocycles. The lowest BCUT2D eigenvalue weighted by atomic mass is 10.1. The van der Waals surface area contributed by atoms with Crippen LogP contribution in [0.2, 0.25) is 0 Å². The summed E-state index contributed by atoms with van der Waals surface area (Å²) in [5, 5.41) is 0. The van der Waals surface area contributed by atoms with Crippen molar-refractivity contribution in [3.63, 3.8) is 0 Å². The summed E-state index contributed by atoms with van der Waals surface area (Å²) in [4.78, 5) is 45.0. The Kier molecular flexibility index (Phi) is 9.12. The van der Waals surface area contributed by atoms with E-state index in [2.05, 4.69) is 9.97 Å². The van der Waals surface area contributed by atoms with Gasteiger partial charge in [-0.15, -0.1) is 0 Å². The molecule has 0 saturated heterocycles. The number of carbonyl (C=O) groups is 2. The second kappa shape index (κ2) is 13.1. The third-order valence-corrected chi connectivity index (χ3v) is 7.01. The molecule has 0 aliphatic rings. The molecule has 12 heteroatoms. The van der Waals surface area contributed by atoms with Crippen LogP contribution in [0, 0.1) is 0 Å². The predicted molar refractivity (Wildman–Crippen MR) is 167 cm³/mol. The fourth-order valence-electron chi connectivity index (χ4n) is 4.60. The molecular formula is C32H36N6O6. The van der Waals surface area contributed by atoms with E-state index in [1.807, 2.05) is 50.1 Å². The number of imidazole rings is 2. The molecule has 0 spiro atoms. The Labute approximate surface area is 254 Å². The van der Waals surface area contributed by atoms with Crippen LogP contribution in [0.25, 0.3) is 44.8 Å². The first-order chi connectivity index (χ1) is 21.2. The van der Waals surface area contributed by atoms with E-state index in [1.54, 1.807) is 50.6 Å². The maximum absolute atomic E-state index is 12.5. The predicted octanol–water partition coefficient (Wildman–Crippen LogP) is 4.23. The van der Waals surface area contributed by atoms with Gasteiger partial charge in [-0.25, -0.2) is 19.6 Å². The van der Waals surface area contributed by atoms with E-state index in [-0.39, 0.29) is 0 Å². The molecule has 0 aliphatic heterocycles. The number of fused-ring (bicyclic) bond motifs is 2. The molecule has 0 bridgehead atoms. The number of hydrogen-bond donors (Lipinski definition) is 2. The first-order valence-corrected chi connectivity index (χ1v) is 14.1. The topological polar surface area (TPSA) is 135 Å². The second-order valence-electron chi connectivity index (χ2n) is 10.8. The van der Waals surface area contributed by atoms with Crippen molar-refractivity contribution in [3.05, 3.63) is 59.7 Å². The lowest BCUT2D eigenvalue weighted by Crippen LogP contribution is -2.20. The average Bonchev–Trinajstić information content (AvgIpc) is 3.63. The van der Waals surface area contributed by atoms with E-state index in [0.29, 0.717) is 93.8 Å². The summed E-state index contributed by atoms with van der Waals surface area (Å²) in [5.74, 6) is 1.37. The number of hydrogen-bond acceptors (Lipinski definition) is 10. The first-order valence-electron chi connectivity index (χ1n) is 14.1. The lowest BCUT2D eigenvalue weighted by Gasteiger charge is -2.12. The molecule has 230 valence electrons. The van der Waals surface area contributed by atoms with Gasteiger partial charge in [0.15, 0.2) is 0 Å². The number of ether oxygens (including phenoxy) is 4. The van der Waals surface area contributed by atoms with Crippen LogP contribution in [0.15, 0.2) is 48.5 Å². The van der Waals surface area contributed by atoms with Crippen molar-refractivity contribution in [2.45, 2.75) is 0 Å². The van der Waals surface area contributed by atoms with Crippen LogP contribution in [0.1, 0.15) is 20.7 Å². The van der Waals surface area contributed by atoms with Crippen molar-refractivity contribution >= 4 is 34.0 Å². The van der Waals surface area contributed by atoms with Gasteiger partial charge in [0.2, 0.25) is 0 Å². The normalized spacial score (nSPS) is 11.5. The van der Waals surface area contributed by atoms with Crippen LogP contribution in [-0.4, -0.2) is 110 Å². The van der Waals surface area contributed by atoms with Crippen molar-refractivity contribution in [1.82, 2.24) is 29.7 Å². The number of nitrogens with one attached hydrogen (secondary N) is 2. The number of likely N-dealkylation sites (N-methyl/N-ethyl adjacent to an activating group) is 2. The number of esters is 2. The molecule has 44 heavy (non-hydrogen) atoms. The highest BCUT2D eigenvalue weighted by molar-refractivity contribution is 5.95. The van der Waals surface area contributed by atoms with Crippen LogP contribution in [-0.2, 0) is 9.47 Å². The highest BCUT2D eigenvalue weighted by Gasteiger charge is 2.20. The standard InChI is InChI=1S/C32H36N6O6/c1-37(2)11-13-43-31(39)19-7-9-23-25(15-19)35-29(33-23)21-17-28(42-6)22(18-27(21)41-5)30-34-24-10-8-20(16-26(24)36-30)32(40)44-14-12-38(3)4/h7-10,15-18H,11-14H2,1-6H3,(H,33,35)(H,34,36). The zero-order valence-electron chi connectivity index (χ0n) is 25.7.